The van der Waals surface area contributed by atoms with Gasteiger partial charge in [0.05, 0.1) is 6.21 Å². The van der Waals surface area contributed by atoms with Crippen LogP contribution in [0.3, 0.4) is 0 Å². The van der Waals surface area contributed by atoms with Crippen LogP contribution in [0, 0.1) is 6.92 Å². The second-order valence-electron chi connectivity index (χ2n) is 2.82. The fraction of sp³-hybridized carbons (Fsp3) is 0.222. The Morgan fingerprint density at radius 3 is 2.46 bits per heavy atom. The van der Waals surface area contributed by atoms with Crippen molar-refractivity contribution in [2.45, 2.75) is 13.2 Å². The van der Waals surface area contributed by atoms with E-state index in [0.29, 0.717) is 0 Å². The van der Waals surface area contributed by atoms with Crippen LogP contribution >= 0.6 is 0 Å². The first-order chi connectivity index (χ1) is 6.18. The van der Waals surface area contributed by atoms with E-state index in [1.165, 1.54) is 5.56 Å². The number of nitrogens with zero attached hydrogens (tertiary/aromatic N) is 1. The summed E-state index contributed by atoms with van der Waals surface area (Å²) in [6, 6.07) is 7.98. The lowest BCUT2D eigenvalue weighted by Crippen LogP contribution is -2.42. The molecular weight excluding hydrogens is 164 g/mol. The molecule has 0 unspecified atom stereocenters. The molecule has 0 bridgehead atoms. The molecule has 0 spiro atoms. The Bertz CT molecular complexity index is 276. The van der Waals surface area contributed by atoms with E-state index in [1.54, 1.807) is 6.21 Å². The summed E-state index contributed by atoms with van der Waals surface area (Å²) in [6.45, 7) is 2.04. The van der Waals surface area contributed by atoms with Crippen molar-refractivity contribution >= 4 is 6.21 Å². The van der Waals surface area contributed by atoms with Crippen LogP contribution in [0.1, 0.15) is 11.1 Å². The average Bonchev–Trinajstić information content (AvgIpc) is 2.08. The quantitative estimate of drug-likeness (QED) is 0.349. The maximum atomic E-state index is 5.23. The van der Waals surface area contributed by atoms with E-state index in [4.69, 9.17) is 11.5 Å². The Labute approximate surface area is 77.6 Å². The third-order valence-corrected chi connectivity index (χ3v) is 1.51. The number of aryl methyl sites for hydroxylation is 1. The molecular formula is C9H14N4. The lowest BCUT2D eigenvalue weighted by Gasteiger charge is -2.02. The molecule has 70 valence electrons. The van der Waals surface area contributed by atoms with Gasteiger partial charge in [0.1, 0.15) is 6.29 Å². The molecule has 4 heteroatoms. The predicted molar refractivity (Wildman–Crippen MR) is 54.1 cm³/mol. The molecule has 0 aliphatic heterocycles. The van der Waals surface area contributed by atoms with Crippen molar-refractivity contribution in [2.24, 2.45) is 16.6 Å². The molecule has 13 heavy (non-hydrogen) atoms. The van der Waals surface area contributed by atoms with Gasteiger partial charge in [-0.2, -0.15) is 5.10 Å². The fourth-order valence-corrected chi connectivity index (χ4v) is 0.850. The molecule has 0 aliphatic carbocycles. The standard InChI is InChI=1S/C9H14N4/c1-7-2-4-8(5-3-7)6-12-13-9(10)11/h2-6,9,13H,10-11H2,1H3/b12-6+. The number of hydrazone groups is 1. The zero-order valence-electron chi connectivity index (χ0n) is 7.57. The van der Waals surface area contributed by atoms with E-state index in [2.05, 4.69) is 10.5 Å². The maximum absolute atomic E-state index is 5.23. The summed E-state index contributed by atoms with van der Waals surface area (Å²) in [7, 11) is 0. The zero-order valence-corrected chi connectivity index (χ0v) is 7.57. The molecule has 0 saturated carbocycles. The molecule has 0 aliphatic rings. The summed E-state index contributed by atoms with van der Waals surface area (Å²) in [4.78, 5) is 0. The molecule has 0 radical (unpaired) electrons. The van der Waals surface area contributed by atoms with E-state index in [1.807, 2.05) is 31.2 Å². The van der Waals surface area contributed by atoms with Gasteiger partial charge in [0.25, 0.3) is 0 Å². The third kappa shape index (κ3) is 3.68. The Morgan fingerprint density at radius 1 is 1.31 bits per heavy atom. The van der Waals surface area contributed by atoms with Crippen molar-refractivity contribution in [1.29, 1.82) is 0 Å². The van der Waals surface area contributed by atoms with Gasteiger partial charge in [0.15, 0.2) is 0 Å². The van der Waals surface area contributed by atoms with Crippen LogP contribution in [-0.2, 0) is 0 Å². The number of hydrogen-bond donors (Lipinski definition) is 3. The summed E-state index contributed by atoms with van der Waals surface area (Å²) >= 11 is 0. The highest BCUT2D eigenvalue weighted by Crippen LogP contribution is 1.99. The first kappa shape index (κ1) is 9.70. The summed E-state index contributed by atoms with van der Waals surface area (Å²) in [5.41, 5.74) is 15.2. The normalized spacial score (nSPS) is 11.1. The molecule has 0 atom stereocenters. The van der Waals surface area contributed by atoms with Crippen molar-refractivity contribution in [3.8, 4) is 0 Å². The highest BCUT2D eigenvalue weighted by Gasteiger charge is 1.87. The minimum atomic E-state index is -0.610. The van der Waals surface area contributed by atoms with Crippen molar-refractivity contribution in [3.63, 3.8) is 0 Å². The van der Waals surface area contributed by atoms with Gasteiger partial charge in [-0.05, 0) is 12.5 Å². The Balaban J connectivity index is 2.54. The zero-order chi connectivity index (χ0) is 9.68. The SMILES string of the molecule is Cc1ccc(/C=N/NC(N)N)cc1. The lowest BCUT2D eigenvalue weighted by atomic mass is 10.2. The summed E-state index contributed by atoms with van der Waals surface area (Å²) < 4.78 is 0. The minimum Gasteiger partial charge on any atom is -0.298 e. The smallest absolute Gasteiger partial charge is 0.142 e. The number of nitrogens with two attached hydrogens (primary N) is 2. The lowest BCUT2D eigenvalue weighted by molar-refractivity contribution is 0.573. The van der Waals surface area contributed by atoms with E-state index in [0.717, 1.165) is 5.56 Å². The summed E-state index contributed by atoms with van der Waals surface area (Å²) in [6.07, 6.45) is 1.06. The highest BCUT2D eigenvalue weighted by molar-refractivity contribution is 5.79. The monoisotopic (exact) mass is 178 g/mol. The molecule has 4 nitrogen and oxygen atoms in total. The topological polar surface area (TPSA) is 76.4 Å². The van der Waals surface area contributed by atoms with Crippen molar-refractivity contribution in [2.75, 3.05) is 0 Å². The van der Waals surface area contributed by atoms with Crippen molar-refractivity contribution < 1.29 is 0 Å². The number of hydrogen-bond acceptors (Lipinski definition) is 4. The van der Waals surface area contributed by atoms with Crippen LogP contribution in [0.2, 0.25) is 0 Å². The van der Waals surface area contributed by atoms with Gasteiger partial charge in [-0.1, -0.05) is 29.8 Å². The second-order valence-corrected chi connectivity index (χ2v) is 2.82. The van der Waals surface area contributed by atoms with Crippen LogP contribution in [0.25, 0.3) is 0 Å². The Morgan fingerprint density at radius 2 is 1.92 bits per heavy atom. The fourth-order valence-electron chi connectivity index (χ4n) is 0.850. The van der Waals surface area contributed by atoms with Gasteiger partial charge in [0, 0.05) is 0 Å². The Hall–Kier alpha value is -1.39. The minimum absolute atomic E-state index is 0.610. The van der Waals surface area contributed by atoms with Crippen molar-refractivity contribution in [3.05, 3.63) is 35.4 Å². The third-order valence-electron chi connectivity index (χ3n) is 1.51. The van der Waals surface area contributed by atoms with Gasteiger partial charge in [-0.15, -0.1) is 0 Å². The van der Waals surface area contributed by atoms with Gasteiger partial charge in [-0.3, -0.25) is 16.9 Å². The number of rotatable bonds is 3. The van der Waals surface area contributed by atoms with E-state index >= 15 is 0 Å². The first-order valence-corrected chi connectivity index (χ1v) is 4.05. The molecule has 0 heterocycles. The van der Waals surface area contributed by atoms with Crippen LogP contribution in [0.15, 0.2) is 29.4 Å². The van der Waals surface area contributed by atoms with Crippen LogP contribution < -0.4 is 16.9 Å². The molecule has 5 N–H and O–H groups in total. The predicted octanol–water partition coefficient (Wildman–Crippen LogP) is 0.120. The molecule has 0 saturated heterocycles. The van der Waals surface area contributed by atoms with Gasteiger partial charge in [0.2, 0.25) is 0 Å². The van der Waals surface area contributed by atoms with E-state index in [9.17, 15) is 0 Å². The molecule has 1 aromatic rings. The number of benzene rings is 1. The molecule has 1 aromatic carbocycles. The van der Waals surface area contributed by atoms with Gasteiger partial charge < -0.3 is 0 Å². The number of nitrogens with one attached hydrogen (secondary N) is 1. The maximum Gasteiger partial charge on any atom is 0.142 e. The van der Waals surface area contributed by atoms with Gasteiger partial charge >= 0.3 is 0 Å². The Kier molecular flexibility index (Phi) is 3.42. The molecule has 0 fully saturated rings. The van der Waals surface area contributed by atoms with E-state index < -0.39 is 6.29 Å². The van der Waals surface area contributed by atoms with E-state index in [-0.39, 0.29) is 0 Å². The largest absolute Gasteiger partial charge is 0.298 e. The first-order valence-electron chi connectivity index (χ1n) is 4.05. The van der Waals surface area contributed by atoms with Crippen molar-refractivity contribution in [1.82, 2.24) is 5.43 Å². The average molecular weight is 178 g/mol. The molecule has 0 amide bonds. The molecule has 1 rings (SSSR count). The van der Waals surface area contributed by atoms with Crippen LogP contribution in [-0.4, -0.2) is 12.5 Å². The highest BCUT2D eigenvalue weighted by atomic mass is 15.4. The summed E-state index contributed by atoms with van der Waals surface area (Å²) in [5, 5.41) is 3.85. The van der Waals surface area contributed by atoms with Gasteiger partial charge in [-0.25, -0.2) is 0 Å². The molecule has 0 aromatic heterocycles. The second kappa shape index (κ2) is 4.59. The summed E-state index contributed by atoms with van der Waals surface area (Å²) in [5.74, 6) is 0. The van der Waals surface area contributed by atoms with Crippen LogP contribution in [0.5, 0.6) is 0 Å². The van der Waals surface area contributed by atoms with Crippen LogP contribution in [0.4, 0.5) is 0 Å².